The molecule has 16 heavy (non-hydrogen) atoms. The summed E-state index contributed by atoms with van der Waals surface area (Å²) < 4.78 is 0. The van der Waals surface area contributed by atoms with Gasteiger partial charge in [0.15, 0.2) is 0 Å². The number of carbonyl (C=O) groups excluding carboxylic acids is 1. The van der Waals surface area contributed by atoms with E-state index in [-0.39, 0.29) is 5.91 Å². The van der Waals surface area contributed by atoms with Gasteiger partial charge >= 0.3 is 0 Å². The normalized spacial score (nSPS) is 26.2. The van der Waals surface area contributed by atoms with Crippen molar-refractivity contribution in [2.24, 2.45) is 0 Å². The van der Waals surface area contributed by atoms with Crippen molar-refractivity contribution >= 4 is 5.91 Å². The van der Waals surface area contributed by atoms with E-state index in [1.165, 1.54) is 12.8 Å². The molecule has 3 nitrogen and oxygen atoms in total. The maximum absolute atomic E-state index is 11.6. The summed E-state index contributed by atoms with van der Waals surface area (Å²) >= 11 is 0. The topological polar surface area (TPSA) is 23.6 Å². The summed E-state index contributed by atoms with van der Waals surface area (Å²) in [5, 5.41) is 0. The molecule has 1 rings (SSSR count). The molecule has 1 saturated carbocycles. The Morgan fingerprint density at radius 3 is 1.81 bits per heavy atom. The minimum Gasteiger partial charge on any atom is -0.338 e. The molecule has 1 amide bonds. The molecule has 1 aliphatic carbocycles. The number of nitrogens with zero attached hydrogens (tertiary/aromatic N) is 2. The van der Waals surface area contributed by atoms with E-state index in [0.717, 1.165) is 12.8 Å². The standard InChI is InChI=1S/C13H26N2O/c1-10(2)15(11(3)16)13-8-6-12(7-9-13)14(4)5/h10,12-13H,6-9H2,1-5H3. The molecule has 0 atom stereocenters. The summed E-state index contributed by atoms with van der Waals surface area (Å²) in [6.45, 7) is 5.91. The lowest BCUT2D eigenvalue weighted by atomic mass is 9.89. The lowest BCUT2D eigenvalue weighted by Crippen LogP contribution is -2.47. The van der Waals surface area contributed by atoms with Crippen molar-refractivity contribution in [1.82, 2.24) is 9.80 Å². The zero-order chi connectivity index (χ0) is 12.3. The minimum absolute atomic E-state index is 0.225. The average Bonchev–Trinajstić information content (AvgIpc) is 2.17. The van der Waals surface area contributed by atoms with Crippen LogP contribution in [0.3, 0.4) is 0 Å². The molecule has 0 spiro atoms. The van der Waals surface area contributed by atoms with Gasteiger partial charge in [-0.25, -0.2) is 0 Å². The first kappa shape index (κ1) is 13.5. The van der Waals surface area contributed by atoms with Crippen LogP contribution in [-0.4, -0.2) is 47.9 Å². The van der Waals surface area contributed by atoms with Gasteiger partial charge in [-0.2, -0.15) is 0 Å². The Hall–Kier alpha value is -0.570. The summed E-state index contributed by atoms with van der Waals surface area (Å²) in [4.78, 5) is 16.0. The van der Waals surface area contributed by atoms with E-state index in [9.17, 15) is 4.79 Å². The second-order valence-electron chi connectivity index (χ2n) is 5.45. The third-order valence-electron chi connectivity index (χ3n) is 3.71. The Morgan fingerprint density at radius 2 is 1.50 bits per heavy atom. The zero-order valence-electron chi connectivity index (χ0n) is 11.4. The number of carbonyl (C=O) groups is 1. The second kappa shape index (κ2) is 5.67. The van der Waals surface area contributed by atoms with Crippen LogP contribution in [0.1, 0.15) is 46.5 Å². The molecule has 0 aromatic heterocycles. The molecule has 0 aromatic rings. The first-order valence-corrected chi connectivity index (χ1v) is 6.38. The van der Waals surface area contributed by atoms with Crippen LogP contribution in [-0.2, 0) is 4.79 Å². The molecule has 1 aliphatic rings. The molecular weight excluding hydrogens is 200 g/mol. The highest BCUT2D eigenvalue weighted by Crippen LogP contribution is 2.26. The lowest BCUT2D eigenvalue weighted by molar-refractivity contribution is -0.134. The Balaban J connectivity index is 2.54. The molecule has 0 bridgehead atoms. The predicted octanol–water partition coefficient (Wildman–Crippen LogP) is 2.12. The predicted molar refractivity (Wildman–Crippen MR) is 67.4 cm³/mol. The van der Waals surface area contributed by atoms with Crippen LogP contribution < -0.4 is 0 Å². The first-order valence-electron chi connectivity index (χ1n) is 6.38. The molecule has 0 saturated heterocycles. The molecular formula is C13H26N2O. The first-order chi connectivity index (χ1) is 7.43. The van der Waals surface area contributed by atoms with Gasteiger partial charge in [0.25, 0.3) is 0 Å². The molecule has 1 fully saturated rings. The van der Waals surface area contributed by atoms with Gasteiger partial charge in [0.2, 0.25) is 5.91 Å². The average molecular weight is 226 g/mol. The van der Waals surface area contributed by atoms with Crippen LogP contribution >= 0.6 is 0 Å². The number of hydrogen-bond acceptors (Lipinski definition) is 2. The van der Waals surface area contributed by atoms with Crippen molar-refractivity contribution in [2.45, 2.75) is 64.6 Å². The van der Waals surface area contributed by atoms with E-state index in [1.807, 2.05) is 0 Å². The van der Waals surface area contributed by atoms with Gasteiger partial charge in [0.05, 0.1) is 0 Å². The van der Waals surface area contributed by atoms with E-state index in [1.54, 1.807) is 6.92 Å². The minimum atomic E-state index is 0.225. The smallest absolute Gasteiger partial charge is 0.219 e. The maximum Gasteiger partial charge on any atom is 0.219 e. The molecule has 94 valence electrons. The van der Waals surface area contributed by atoms with Gasteiger partial charge in [0, 0.05) is 25.0 Å². The molecule has 0 radical (unpaired) electrons. The van der Waals surface area contributed by atoms with Gasteiger partial charge in [-0.15, -0.1) is 0 Å². The van der Waals surface area contributed by atoms with Crippen LogP contribution in [0.15, 0.2) is 0 Å². The third kappa shape index (κ3) is 3.21. The Kier molecular flexibility index (Phi) is 4.78. The van der Waals surface area contributed by atoms with E-state index >= 15 is 0 Å². The highest BCUT2D eigenvalue weighted by Gasteiger charge is 2.29. The molecule has 0 aliphatic heterocycles. The van der Waals surface area contributed by atoms with E-state index < -0.39 is 0 Å². The van der Waals surface area contributed by atoms with Crippen LogP contribution in [0.25, 0.3) is 0 Å². The summed E-state index contributed by atoms with van der Waals surface area (Å²) in [7, 11) is 4.30. The van der Waals surface area contributed by atoms with Gasteiger partial charge < -0.3 is 9.80 Å². The Bertz CT molecular complexity index is 230. The van der Waals surface area contributed by atoms with Crippen molar-refractivity contribution < 1.29 is 4.79 Å². The largest absolute Gasteiger partial charge is 0.338 e. The molecule has 0 unspecified atom stereocenters. The molecule has 0 N–H and O–H groups in total. The monoisotopic (exact) mass is 226 g/mol. The van der Waals surface area contributed by atoms with Crippen molar-refractivity contribution in [3.63, 3.8) is 0 Å². The molecule has 0 aromatic carbocycles. The summed E-state index contributed by atoms with van der Waals surface area (Å²) in [5.41, 5.74) is 0. The summed E-state index contributed by atoms with van der Waals surface area (Å²) in [6, 6.07) is 1.50. The number of rotatable bonds is 3. The van der Waals surface area contributed by atoms with Gasteiger partial charge in [-0.3, -0.25) is 4.79 Å². The van der Waals surface area contributed by atoms with Crippen molar-refractivity contribution in [1.29, 1.82) is 0 Å². The lowest BCUT2D eigenvalue weighted by Gasteiger charge is -2.40. The fraction of sp³-hybridized carbons (Fsp3) is 0.923. The second-order valence-corrected chi connectivity index (χ2v) is 5.45. The van der Waals surface area contributed by atoms with Crippen molar-refractivity contribution in [3.05, 3.63) is 0 Å². The molecule has 3 heteroatoms. The SMILES string of the molecule is CC(=O)N(C(C)C)C1CCC(N(C)C)CC1. The molecule has 0 heterocycles. The van der Waals surface area contributed by atoms with E-state index in [2.05, 4.69) is 37.7 Å². The maximum atomic E-state index is 11.6. The quantitative estimate of drug-likeness (QED) is 0.736. The third-order valence-corrected chi connectivity index (χ3v) is 3.71. The number of amides is 1. The highest BCUT2D eigenvalue weighted by atomic mass is 16.2. The summed E-state index contributed by atoms with van der Waals surface area (Å²) in [5.74, 6) is 0.225. The van der Waals surface area contributed by atoms with Crippen LogP contribution in [0.5, 0.6) is 0 Å². The van der Waals surface area contributed by atoms with Gasteiger partial charge in [-0.05, 0) is 53.6 Å². The fourth-order valence-corrected chi connectivity index (χ4v) is 2.90. The Labute approximate surface area is 99.8 Å². The van der Waals surface area contributed by atoms with Crippen LogP contribution in [0.4, 0.5) is 0 Å². The highest BCUT2D eigenvalue weighted by molar-refractivity contribution is 5.73. The van der Waals surface area contributed by atoms with E-state index in [0.29, 0.717) is 18.1 Å². The zero-order valence-corrected chi connectivity index (χ0v) is 11.4. The van der Waals surface area contributed by atoms with Gasteiger partial charge in [-0.1, -0.05) is 0 Å². The van der Waals surface area contributed by atoms with Crippen LogP contribution in [0, 0.1) is 0 Å². The number of hydrogen-bond donors (Lipinski definition) is 0. The summed E-state index contributed by atoms with van der Waals surface area (Å²) in [6.07, 6.45) is 4.74. The fourth-order valence-electron chi connectivity index (χ4n) is 2.90. The van der Waals surface area contributed by atoms with Crippen molar-refractivity contribution in [3.8, 4) is 0 Å². The van der Waals surface area contributed by atoms with E-state index in [4.69, 9.17) is 0 Å². The van der Waals surface area contributed by atoms with Crippen molar-refractivity contribution in [2.75, 3.05) is 14.1 Å². The van der Waals surface area contributed by atoms with Crippen LogP contribution in [0.2, 0.25) is 0 Å². The Morgan fingerprint density at radius 1 is 1.06 bits per heavy atom. The van der Waals surface area contributed by atoms with Gasteiger partial charge in [0.1, 0.15) is 0 Å².